The van der Waals surface area contributed by atoms with Gasteiger partial charge in [-0.05, 0) is 32.6 Å². The molecule has 2 heteroatoms. The molecular weight excluding hydrogens is 138 g/mol. The van der Waals surface area contributed by atoms with Crippen LogP contribution in [0.5, 0.6) is 0 Å². The standard InChI is InChI=1S/C9H17NO/c1-6(2)10-5-7-3-4-8(10)9(7)11/h6-9,11H,3-5H2,1-2H3. The van der Waals surface area contributed by atoms with E-state index in [4.69, 9.17) is 0 Å². The van der Waals surface area contributed by atoms with Crippen LogP contribution in [0.2, 0.25) is 0 Å². The molecule has 1 saturated carbocycles. The zero-order valence-electron chi connectivity index (χ0n) is 7.33. The van der Waals surface area contributed by atoms with Crippen LogP contribution in [0.1, 0.15) is 26.7 Å². The Balaban J connectivity index is 2.09. The number of likely N-dealkylation sites (tertiary alicyclic amines) is 1. The minimum atomic E-state index is -0.0163. The van der Waals surface area contributed by atoms with E-state index in [1.165, 1.54) is 12.8 Å². The molecule has 11 heavy (non-hydrogen) atoms. The molecule has 2 aliphatic rings. The fourth-order valence-corrected chi connectivity index (χ4v) is 2.60. The van der Waals surface area contributed by atoms with Crippen LogP contribution in [-0.2, 0) is 0 Å². The van der Waals surface area contributed by atoms with Gasteiger partial charge in [-0.15, -0.1) is 0 Å². The Morgan fingerprint density at radius 3 is 2.36 bits per heavy atom. The van der Waals surface area contributed by atoms with Crippen LogP contribution in [0.25, 0.3) is 0 Å². The Kier molecular flexibility index (Phi) is 1.69. The van der Waals surface area contributed by atoms with Gasteiger partial charge in [0.1, 0.15) is 0 Å². The Bertz CT molecular complexity index is 158. The first-order valence-electron chi connectivity index (χ1n) is 4.64. The molecule has 1 N–H and O–H groups in total. The van der Waals surface area contributed by atoms with Gasteiger partial charge in [-0.25, -0.2) is 0 Å². The Morgan fingerprint density at radius 2 is 2.09 bits per heavy atom. The second kappa shape index (κ2) is 2.46. The number of fused-ring (bicyclic) bond motifs is 2. The first-order chi connectivity index (χ1) is 5.20. The molecule has 0 aromatic heterocycles. The lowest BCUT2D eigenvalue weighted by atomic mass is 10.1. The molecule has 2 fully saturated rings. The van der Waals surface area contributed by atoms with Crippen molar-refractivity contribution in [2.24, 2.45) is 5.92 Å². The van der Waals surface area contributed by atoms with Gasteiger partial charge in [0.25, 0.3) is 0 Å². The molecule has 3 atom stereocenters. The van der Waals surface area contributed by atoms with E-state index in [-0.39, 0.29) is 6.10 Å². The second-order valence-corrected chi connectivity index (χ2v) is 4.19. The van der Waals surface area contributed by atoms with E-state index in [0.29, 0.717) is 18.0 Å². The number of hydrogen-bond donors (Lipinski definition) is 1. The zero-order chi connectivity index (χ0) is 8.01. The van der Waals surface area contributed by atoms with Crippen molar-refractivity contribution >= 4 is 0 Å². The summed E-state index contributed by atoms with van der Waals surface area (Å²) in [5.41, 5.74) is 0. The van der Waals surface area contributed by atoms with Gasteiger partial charge >= 0.3 is 0 Å². The summed E-state index contributed by atoms with van der Waals surface area (Å²) < 4.78 is 0. The van der Waals surface area contributed by atoms with Crippen LogP contribution in [0, 0.1) is 5.92 Å². The largest absolute Gasteiger partial charge is 0.391 e. The third-order valence-corrected chi connectivity index (χ3v) is 3.25. The van der Waals surface area contributed by atoms with Crippen LogP contribution in [0.15, 0.2) is 0 Å². The Morgan fingerprint density at radius 1 is 1.36 bits per heavy atom. The molecule has 64 valence electrons. The van der Waals surface area contributed by atoms with Crippen LogP contribution < -0.4 is 0 Å². The lowest BCUT2D eigenvalue weighted by Crippen LogP contribution is -2.39. The minimum absolute atomic E-state index is 0.0163. The van der Waals surface area contributed by atoms with E-state index in [2.05, 4.69) is 18.7 Å². The quantitative estimate of drug-likeness (QED) is 0.607. The minimum Gasteiger partial charge on any atom is -0.391 e. The maximum absolute atomic E-state index is 9.71. The fourth-order valence-electron chi connectivity index (χ4n) is 2.60. The van der Waals surface area contributed by atoms with Crippen molar-refractivity contribution in [3.8, 4) is 0 Å². The molecule has 0 spiro atoms. The Hall–Kier alpha value is -0.0800. The highest BCUT2D eigenvalue weighted by Gasteiger charge is 2.46. The number of rotatable bonds is 1. The molecule has 0 aromatic carbocycles. The van der Waals surface area contributed by atoms with Gasteiger partial charge in [-0.1, -0.05) is 0 Å². The highest BCUT2D eigenvalue weighted by molar-refractivity contribution is 5.00. The average Bonchev–Trinajstić information content (AvgIpc) is 2.46. The summed E-state index contributed by atoms with van der Waals surface area (Å²) in [6, 6.07) is 1.10. The lowest BCUT2D eigenvalue weighted by Gasteiger charge is -2.30. The predicted octanol–water partition coefficient (Wildman–Crippen LogP) is 0.850. The van der Waals surface area contributed by atoms with E-state index in [1.54, 1.807) is 0 Å². The third kappa shape index (κ3) is 1.00. The maximum Gasteiger partial charge on any atom is 0.0735 e. The Labute approximate surface area is 68.2 Å². The van der Waals surface area contributed by atoms with Gasteiger partial charge in [-0.3, -0.25) is 4.90 Å². The third-order valence-electron chi connectivity index (χ3n) is 3.25. The maximum atomic E-state index is 9.71. The molecule has 0 radical (unpaired) electrons. The number of aliphatic hydroxyl groups is 1. The normalized spacial score (nSPS) is 44.2. The molecule has 1 aliphatic heterocycles. The zero-order valence-corrected chi connectivity index (χ0v) is 7.33. The number of piperidine rings is 1. The topological polar surface area (TPSA) is 23.5 Å². The van der Waals surface area contributed by atoms with Crippen LogP contribution in [-0.4, -0.2) is 34.7 Å². The number of hydrogen-bond acceptors (Lipinski definition) is 2. The van der Waals surface area contributed by atoms with E-state index in [9.17, 15) is 5.11 Å². The van der Waals surface area contributed by atoms with E-state index >= 15 is 0 Å². The second-order valence-electron chi connectivity index (χ2n) is 4.19. The summed E-state index contributed by atoms with van der Waals surface area (Å²) >= 11 is 0. The summed E-state index contributed by atoms with van der Waals surface area (Å²) in [5.74, 6) is 0.586. The lowest BCUT2D eigenvalue weighted by molar-refractivity contribution is 0.110. The van der Waals surface area contributed by atoms with E-state index in [1.807, 2.05) is 0 Å². The van der Waals surface area contributed by atoms with Crippen LogP contribution in [0.3, 0.4) is 0 Å². The van der Waals surface area contributed by atoms with Gasteiger partial charge in [0.15, 0.2) is 0 Å². The molecule has 3 unspecified atom stereocenters. The first kappa shape index (κ1) is 7.56. The van der Waals surface area contributed by atoms with Crippen molar-refractivity contribution < 1.29 is 5.11 Å². The highest BCUT2D eigenvalue weighted by Crippen LogP contribution is 2.38. The molecule has 2 bridgehead atoms. The number of nitrogens with zero attached hydrogens (tertiary/aromatic N) is 1. The highest BCUT2D eigenvalue weighted by atomic mass is 16.3. The van der Waals surface area contributed by atoms with Crippen molar-refractivity contribution in [3.63, 3.8) is 0 Å². The molecule has 1 aliphatic carbocycles. The van der Waals surface area contributed by atoms with Crippen molar-refractivity contribution in [2.75, 3.05) is 6.54 Å². The first-order valence-corrected chi connectivity index (χ1v) is 4.64. The van der Waals surface area contributed by atoms with Gasteiger partial charge in [0.05, 0.1) is 6.10 Å². The SMILES string of the molecule is CC(C)N1CC2CCC1C2O. The molecule has 0 amide bonds. The molecule has 0 aromatic rings. The van der Waals surface area contributed by atoms with Crippen molar-refractivity contribution in [2.45, 2.75) is 44.9 Å². The number of aliphatic hydroxyl groups excluding tert-OH is 1. The van der Waals surface area contributed by atoms with Crippen molar-refractivity contribution in [1.29, 1.82) is 0 Å². The monoisotopic (exact) mass is 155 g/mol. The molecule has 1 saturated heterocycles. The summed E-state index contributed by atoms with van der Waals surface area (Å²) in [7, 11) is 0. The molecule has 2 rings (SSSR count). The summed E-state index contributed by atoms with van der Waals surface area (Å²) in [6.45, 7) is 5.56. The summed E-state index contributed by atoms with van der Waals surface area (Å²) in [6.07, 6.45) is 2.44. The molecular formula is C9H17NO. The fraction of sp³-hybridized carbons (Fsp3) is 1.00. The van der Waals surface area contributed by atoms with Crippen molar-refractivity contribution in [3.05, 3.63) is 0 Å². The summed E-state index contributed by atoms with van der Waals surface area (Å²) in [5, 5.41) is 9.71. The van der Waals surface area contributed by atoms with Gasteiger partial charge in [0.2, 0.25) is 0 Å². The van der Waals surface area contributed by atoms with Gasteiger partial charge in [0, 0.05) is 18.6 Å². The smallest absolute Gasteiger partial charge is 0.0735 e. The van der Waals surface area contributed by atoms with E-state index in [0.717, 1.165) is 6.54 Å². The van der Waals surface area contributed by atoms with Gasteiger partial charge in [-0.2, -0.15) is 0 Å². The molecule has 1 heterocycles. The van der Waals surface area contributed by atoms with Crippen LogP contribution in [0.4, 0.5) is 0 Å². The summed E-state index contributed by atoms with van der Waals surface area (Å²) in [4.78, 5) is 2.44. The van der Waals surface area contributed by atoms with E-state index < -0.39 is 0 Å². The van der Waals surface area contributed by atoms with Crippen molar-refractivity contribution in [1.82, 2.24) is 4.90 Å². The average molecular weight is 155 g/mol. The predicted molar refractivity (Wildman–Crippen MR) is 44.4 cm³/mol. The molecule has 2 nitrogen and oxygen atoms in total. The van der Waals surface area contributed by atoms with Gasteiger partial charge < -0.3 is 5.11 Å². The van der Waals surface area contributed by atoms with Crippen LogP contribution >= 0.6 is 0 Å².